The number of halogens is 13. The molecule has 1 aromatic carbocycles. The summed E-state index contributed by atoms with van der Waals surface area (Å²) in [7, 11) is 0. The SMILES string of the molecule is CCCC1CCC(c2ccc(CCC(F)(F)C(F)(F)C(F)(F)C(F)(F)C(F)(F)C(F)(F)F)cc2)CC1. The maximum absolute atomic E-state index is 14.0. The van der Waals surface area contributed by atoms with E-state index in [2.05, 4.69) is 6.92 Å². The molecule has 1 aliphatic carbocycles. The van der Waals surface area contributed by atoms with Crippen molar-refractivity contribution in [3.05, 3.63) is 35.4 Å². The Labute approximate surface area is 199 Å². The van der Waals surface area contributed by atoms with E-state index >= 15 is 0 Å². The second kappa shape index (κ2) is 10.2. The third kappa shape index (κ3) is 5.44. The first kappa shape index (κ1) is 30.5. The van der Waals surface area contributed by atoms with E-state index in [1.54, 1.807) is 0 Å². The minimum Gasteiger partial charge on any atom is -0.200 e. The van der Waals surface area contributed by atoms with Gasteiger partial charge >= 0.3 is 35.8 Å². The van der Waals surface area contributed by atoms with E-state index in [-0.39, 0.29) is 11.5 Å². The van der Waals surface area contributed by atoms with Gasteiger partial charge in [0.15, 0.2) is 0 Å². The highest BCUT2D eigenvalue weighted by atomic mass is 19.4. The molecule has 0 heterocycles. The second-order valence-electron chi connectivity index (χ2n) is 9.25. The fourth-order valence-electron chi connectivity index (χ4n) is 4.41. The monoisotopic (exact) mass is 548 g/mol. The fourth-order valence-corrected chi connectivity index (χ4v) is 4.41. The standard InChI is InChI=1S/C23H25F13/c1-2-3-14-4-8-16(9-5-14)17-10-6-15(7-11-17)12-13-18(24,25)19(26,27)20(28,29)21(30,31)22(32,33)23(34,35)36/h6-7,10-11,14,16H,2-5,8-9,12-13H2,1H3. The predicted octanol–water partition coefficient (Wildman–Crippen LogP) is 9.43. The Hall–Kier alpha value is -1.69. The van der Waals surface area contributed by atoms with Crippen LogP contribution in [0, 0.1) is 5.92 Å². The van der Waals surface area contributed by atoms with E-state index in [9.17, 15) is 57.1 Å². The molecule has 0 aliphatic heterocycles. The van der Waals surface area contributed by atoms with Crippen molar-refractivity contribution in [1.29, 1.82) is 0 Å². The van der Waals surface area contributed by atoms with Crippen LogP contribution in [0.1, 0.15) is 68.9 Å². The minimum atomic E-state index is -7.86. The van der Waals surface area contributed by atoms with Gasteiger partial charge in [-0.2, -0.15) is 57.1 Å². The van der Waals surface area contributed by atoms with Crippen molar-refractivity contribution in [2.24, 2.45) is 5.92 Å². The summed E-state index contributed by atoms with van der Waals surface area (Å²) in [5, 5.41) is 0. The van der Waals surface area contributed by atoms with Crippen LogP contribution in [0.25, 0.3) is 0 Å². The van der Waals surface area contributed by atoms with Crippen LogP contribution in [-0.4, -0.2) is 35.8 Å². The maximum Gasteiger partial charge on any atom is 0.460 e. The largest absolute Gasteiger partial charge is 0.460 e. The van der Waals surface area contributed by atoms with Crippen LogP contribution in [0.15, 0.2) is 24.3 Å². The molecule has 0 aromatic heterocycles. The summed E-state index contributed by atoms with van der Waals surface area (Å²) in [4.78, 5) is 0. The third-order valence-corrected chi connectivity index (χ3v) is 6.72. The van der Waals surface area contributed by atoms with Crippen LogP contribution >= 0.6 is 0 Å². The molecule has 0 nitrogen and oxygen atoms in total. The Balaban J connectivity index is 2.12. The molecule has 1 aromatic rings. The van der Waals surface area contributed by atoms with Gasteiger partial charge < -0.3 is 0 Å². The number of hydrogen-bond acceptors (Lipinski definition) is 0. The van der Waals surface area contributed by atoms with Crippen LogP contribution < -0.4 is 0 Å². The van der Waals surface area contributed by atoms with Gasteiger partial charge in [-0.1, -0.05) is 44.0 Å². The van der Waals surface area contributed by atoms with Gasteiger partial charge in [0.2, 0.25) is 0 Å². The number of aryl methyl sites for hydroxylation is 1. The van der Waals surface area contributed by atoms with E-state index in [0.29, 0.717) is 5.92 Å². The molecule has 208 valence electrons. The Morgan fingerprint density at radius 3 is 1.56 bits per heavy atom. The molecule has 0 unspecified atom stereocenters. The maximum atomic E-state index is 14.0. The lowest BCUT2D eigenvalue weighted by Gasteiger charge is -2.39. The molecule has 2 rings (SSSR count). The predicted molar refractivity (Wildman–Crippen MR) is 105 cm³/mol. The number of hydrogen-bond donors (Lipinski definition) is 0. The van der Waals surface area contributed by atoms with Crippen molar-refractivity contribution < 1.29 is 57.1 Å². The van der Waals surface area contributed by atoms with E-state index in [1.165, 1.54) is 24.3 Å². The zero-order valence-corrected chi connectivity index (χ0v) is 19.0. The molecule has 13 heteroatoms. The zero-order chi connectivity index (χ0) is 27.8. The van der Waals surface area contributed by atoms with Gasteiger partial charge in [-0.3, -0.25) is 0 Å². The van der Waals surface area contributed by atoms with Gasteiger partial charge in [0.25, 0.3) is 0 Å². The van der Waals surface area contributed by atoms with Crippen molar-refractivity contribution in [1.82, 2.24) is 0 Å². The Bertz CT molecular complexity index is 848. The van der Waals surface area contributed by atoms with Crippen LogP contribution in [0.5, 0.6) is 0 Å². The first-order valence-electron chi connectivity index (χ1n) is 11.3. The van der Waals surface area contributed by atoms with E-state index < -0.39 is 48.6 Å². The van der Waals surface area contributed by atoms with Crippen LogP contribution in [0.4, 0.5) is 57.1 Å². The topological polar surface area (TPSA) is 0 Å². The quantitative estimate of drug-likeness (QED) is 0.256. The van der Waals surface area contributed by atoms with Crippen molar-refractivity contribution in [2.75, 3.05) is 0 Å². The lowest BCUT2D eigenvalue weighted by atomic mass is 9.77. The normalized spacial score (nSPS) is 21.1. The van der Waals surface area contributed by atoms with Gasteiger partial charge in [0.1, 0.15) is 0 Å². The van der Waals surface area contributed by atoms with Gasteiger partial charge in [-0.25, -0.2) is 0 Å². The molecule has 0 N–H and O–H groups in total. The molecular formula is C23H25F13. The Morgan fingerprint density at radius 1 is 0.639 bits per heavy atom. The second-order valence-corrected chi connectivity index (χ2v) is 9.25. The van der Waals surface area contributed by atoms with E-state index in [4.69, 9.17) is 0 Å². The van der Waals surface area contributed by atoms with Gasteiger partial charge in [0, 0.05) is 6.42 Å². The van der Waals surface area contributed by atoms with Crippen molar-refractivity contribution in [2.45, 2.75) is 100.0 Å². The lowest BCUT2D eigenvalue weighted by Crippen LogP contribution is -2.70. The Kier molecular flexibility index (Phi) is 8.67. The number of benzene rings is 1. The summed E-state index contributed by atoms with van der Waals surface area (Å²) in [6.07, 6.45) is -4.76. The fraction of sp³-hybridized carbons (Fsp3) is 0.739. The molecule has 0 saturated heterocycles. The minimum absolute atomic E-state index is 0.0652. The summed E-state index contributed by atoms with van der Waals surface area (Å²) < 4.78 is 172. The average molecular weight is 548 g/mol. The zero-order valence-electron chi connectivity index (χ0n) is 19.0. The van der Waals surface area contributed by atoms with Crippen LogP contribution in [0.2, 0.25) is 0 Å². The van der Waals surface area contributed by atoms with Crippen molar-refractivity contribution in [3.63, 3.8) is 0 Å². The molecule has 36 heavy (non-hydrogen) atoms. The molecule has 0 spiro atoms. The number of alkyl halides is 13. The van der Waals surface area contributed by atoms with Gasteiger partial charge in [-0.05, 0) is 55.1 Å². The van der Waals surface area contributed by atoms with Crippen molar-refractivity contribution >= 4 is 0 Å². The highest BCUT2D eigenvalue weighted by Gasteiger charge is 2.90. The summed E-state index contributed by atoms with van der Waals surface area (Å²) in [6, 6.07) is 5.57. The highest BCUT2D eigenvalue weighted by Crippen LogP contribution is 2.60. The number of rotatable bonds is 10. The first-order valence-corrected chi connectivity index (χ1v) is 11.3. The molecule has 1 saturated carbocycles. The van der Waals surface area contributed by atoms with E-state index in [1.807, 2.05) is 0 Å². The molecule has 1 fully saturated rings. The molecule has 0 bridgehead atoms. The van der Waals surface area contributed by atoms with Crippen LogP contribution in [0.3, 0.4) is 0 Å². The molecule has 0 atom stereocenters. The summed E-state index contributed by atoms with van der Waals surface area (Å²) in [5.74, 6) is -35.8. The van der Waals surface area contributed by atoms with Gasteiger partial charge in [-0.15, -0.1) is 0 Å². The summed E-state index contributed by atoms with van der Waals surface area (Å²) in [6.45, 7) is 2.08. The molecular weight excluding hydrogens is 523 g/mol. The smallest absolute Gasteiger partial charge is 0.200 e. The Morgan fingerprint density at radius 2 is 1.11 bits per heavy atom. The molecule has 0 radical (unpaired) electrons. The lowest BCUT2D eigenvalue weighted by molar-refractivity contribution is -0.440. The molecule has 0 amide bonds. The van der Waals surface area contributed by atoms with Gasteiger partial charge in [0.05, 0.1) is 0 Å². The average Bonchev–Trinajstić information content (AvgIpc) is 2.77. The van der Waals surface area contributed by atoms with Crippen molar-refractivity contribution in [3.8, 4) is 0 Å². The van der Waals surface area contributed by atoms with E-state index in [0.717, 1.165) is 44.1 Å². The first-order chi connectivity index (χ1) is 16.2. The van der Waals surface area contributed by atoms with Crippen LogP contribution in [-0.2, 0) is 6.42 Å². The third-order valence-electron chi connectivity index (χ3n) is 6.72. The molecule has 1 aliphatic rings. The summed E-state index contributed by atoms with van der Waals surface area (Å²) >= 11 is 0. The highest BCUT2D eigenvalue weighted by molar-refractivity contribution is 5.26. The summed E-state index contributed by atoms with van der Waals surface area (Å²) in [5.41, 5.74) is 0.774.